The number of carbonyl (C=O) groups excluding carboxylic acids is 1. The second-order valence-corrected chi connectivity index (χ2v) is 9.07. The Balaban J connectivity index is 1.15. The Morgan fingerprint density at radius 2 is 1.39 bits per heavy atom. The Morgan fingerprint density at radius 1 is 0.788 bits per heavy atom. The summed E-state index contributed by atoms with van der Waals surface area (Å²) in [5.74, 6) is 0.00288. The van der Waals surface area contributed by atoms with Crippen LogP contribution in [0, 0.1) is 0 Å². The van der Waals surface area contributed by atoms with Crippen LogP contribution < -0.4 is 5.32 Å². The topological polar surface area (TPSA) is 90.9 Å². The second kappa shape index (κ2) is 10.6. The van der Waals surface area contributed by atoms with Gasteiger partial charge in [-0.3, -0.25) is 4.18 Å². The second-order valence-electron chi connectivity index (χ2n) is 7.45. The fraction of sp³-hybridized carbons (Fsp3) is 0.240. The molecule has 1 amide bonds. The third-order valence-corrected chi connectivity index (χ3v) is 6.68. The molecule has 0 aromatic heterocycles. The molecule has 8 heteroatoms. The average Bonchev–Trinajstić information content (AvgIpc) is 3.16. The molecule has 3 aromatic carbocycles. The van der Waals surface area contributed by atoms with Crippen molar-refractivity contribution in [1.82, 2.24) is 5.32 Å². The normalized spacial score (nSPS) is 12.7. The van der Waals surface area contributed by atoms with Crippen LogP contribution in [0.15, 0.2) is 83.8 Å². The van der Waals surface area contributed by atoms with Gasteiger partial charge in [0, 0.05) is 12.5 Å². The van der Waals surface area contributed by atoms with Crippen LogP contribution >= 0.6 is 0 Å². The molecule has 0 spiro atoms. The number of hydrogen-bond donors (Lipinski definition) is 1. The Labute approximate surface area is 193 Å². The van der Waals surface area contributed by atoms with Gasteiger partial charge < -0.3 is 14.8 Å². The van der Waals surface area contributed by atoms with E-state index < -0.39 is 16.2 Å². The molecule has 0 unspecified atom stereocenters. The summed E-state index contributed by atoms with van der Waals surface area (Å²) in [6.07, 6.45) is -0.525. The molecule has 0 saturated carbocycles. The Hall–Kier alpha value is -3.20. The highest BCUT2D eigenvalue weighted by atomic mass is 32.2. The molecule has 0 fully saturated rings. The molecular weight excluding hydrogens is 442 g/mol. The van der Waals surface area contributed by atoms with Gasteiger partial charge in [0.05, 0.1) is 24.7 Å². The van der Waals surface area contributed by atoms with E-state index in [0.717, 1.165) is 11.1 Å². The number of rotatable bonds is 10. The molecular formula is C25H25NO6S. The number of hydrogen-bond acceptors (Lipinski definition) is 6. The standard InChI is InChI=1S/C25H25NO6S/c27-25(26-14-15-30-16-17-32-33(28,29)19-8-2-1-3-9-19)31-18-24-22-12-6-4-10-20(22)21-11-5-7-13-23(21)24/h1-13,24H,14-18H2,(H,26,27). The number of carbonyl (C=O) groups is 1. The van der Waals surface area contributed by atoms with Gasteiger partial charge in [-0.2, -0.15) is 8.42 Å². The van der Waals surface area contributed by atoms with E-state index in [-0.39, 0.29) is 43.8 Å². The summed E-state index contributed by atoms with van der Waals surface area (Å²) in [4.78, 5) is 12.2. The van der Waals surface area contributed by atoms with Gasteiger partial charge in [0.1, 0.15) is 6.61 Å². The Kier molecular flexibility index (Phi) is 7.39. The van der Waals surface area contributed by atoms with Crippen LogP contribution in [0.5, 0.6) is 0 Å². The van der Waals surface area contributed by atoms with Crippen molar-refractivity contribution in [3.8, 4) is 11.1 Å². The summed E-state index contributed by atoms with van der Waals surface area (Å²) in [6.45, 7) is 0.660. The number of fused-ring (bicyclic) bond motifs is 3. The van der Waals surface area contributed by atoms with E-state index in [1.807, 2.05) is 24.3 Å². The SMILES string of the molecule is O=C(NCCOCCOS(=O)(=O)c1ccccc1)OCC1c2ccccc2-c2ccccc21. The fourth-order valence-electron chi connectivity index (χ4n) is 3.83. The molecule has 1 N–H and O–H groups in total. The van der Waals surface area contributed by atoms with Crippen LogP contribution in [0.25, 0.3) is 11.1 Å². The van der Waals surface area contributed by atoms with Gasteiger partial charge in [-0.1, -0.05) is 66.7 Å². The predicted molar refractivity (Wildman–Crippen MR) is 123 cm³/mol. The Bertz CT molecular complexity index is 1150. The first-order chi connectivity index (χ1) is 16.1. The van der Waals surface area contributed by atoms with Crippen LogP contribution in [0.4, 0.5) is 4.79 Å². The van der Waals surface area contributed by atoms with Crippen molar-refractivity contribution in [2.45, 2.75) is 10.8 Å². The monoisotopic (exact) mass is 467 g/mol. The van der Waals surface area contributed by atoms with E-state index in [4.69, 9.17) is 13.7 Å². The lowest BCUT2D eigenvalue weighted by molar-refractivity contribution is 0.0989. The molecule has 1 aliphatic rings. The molecule has 1 aliphatic carbocycles. The van der Waals surface area contributed by atoms with Crippen LogP contribution in [0.3, 0.4) is 0 Å². The van der Waals surface area contributed by atoms with Crippen molar-refractivity contribution in [2.75, 3.05) is 33.0 Å². The van der Waals surface area contributed by atoms with Gasteiger partial charge in [0.2, 0.25) is 0 Å². The number of alkyl carbamates (subject to hydrolysis) is 1. The first-order valence-electron chi connectivity index (χ1n) is 10.7. The molecule has 7 nitrogen and oxygen atoms in total. The van der Waals surface area contributed by atoms with Gasteiger partial charge in [-0.25, -0.2) is 4.79 Å². The van der Waals surface area contributed by atoms with Crippen LogP contribution in [0.2, 0.25) is 0 Å². The molecule has 0 radical (unpaired) electrons. The molecule has 0 bridgehead atoms. The molecule has 4 rings (SSSR count). The third-order valence-electron chi connectivity index (χ3n) is 5.36. The minimum Gasteiger partial charge on any atom is -0.449 e. The van der Waals surface area contributed by atoms with Crippen LogP contribution in [-0.2, 0) is 23.8 Å². The predicted octanol–water partition coefficient (Wildman–Crippen LogP) is 3.95. The van der Waals surface area contributed by atoms with E-state index in [9.17, 15) is 13.2 Å². The van der Waals surface area contributed by atoms with Crippen molar-refractivity contribution in [1.29, 1.82) is 0 Å². The summed E-state index contributed by atoms with van der Waals surface area (Å²) in [6, 6.07) is 24.2. The summed E-state index contributed by atoms with van der Waals surface area (Å²) >= 11 is 0. The van der Waals surface area contributed by atoms with E-state index in [1.54, 1.807) is 18.2 Å². The zero-order valence-corrected chi connectivity index (χ0v) is 18.8. The largest absolute Gasteiger partial charge is 0.449 e. The molecule has 172 valence electrons. The van der Waals surface area contributed by atoms with E-state index in [0.29, 0.717) is 0 Å². The highest BCUT2D eigenvalue weighted by Crippen LogP contribution is 2.44. The maximum atomic E-state index is 12.1. The first kappa shape index (κ1) is 23.0. The van der Waals surface area contributed by atoms with Crippen LogP contribution in [0.1, 0.15) is 17.0 Å². The minimum absolute atomic E-state index is 0.00288. The van der Waals surface area contributed by atoms with Crippen LogP contribution in [-0.4, -0.2) is 47.5 Å². The molecule has 33 heavy (non-hydrogen) atoms. The summed E-state index contributed by atoms with van der Waals surface area (Å²) in [5, 5.41) is 2.64. The summed E-state index contributed by atoms with van der Waals surface area (Å²) < 4.78 is 39.7. The van der Waals surface area contributed by atoms with E-state index >= 15 is 0 Å². The number of benzene rings is 3. The molecule has 3 aromatic rings. The van der Waals surface area contributed by atoms with Gasteiger partial charge in [0.15, 0.2) is 0 Å². The smallest absolute Gasteiger partial charge is 0.407 e. The Morgan fingerprint density at radius 3 is 2.06 bits per heavy atom. The van der Waals surface area contributed by atoms with Crippen molar-refractivity contribution < 1.29 is 26.9 Å². The van der Waals surface area contributed by atoms with E-state index in [2.05, 4.69) is 29.6 Å². The van der Waals surface area contributed by atoms with Gasteiger partial charge in [-0.15, -0.1) is 0 Å². The lowest BCUT2D eigenvalue weighted by atomic mass is 9.98. The number of ether oxygens (including phenoxy) is 2. The summed E-state index contributed by atoms with van der Waals surface area (Å²) in [5.41, 5.74) is 4.65. The fourth-order valence-corrected chi connectivity index (χ4v) is 4.75. The van der Waals surface area contributed by atoms with Gasteiger partial charge in [-0.05, 0) is 34.4 Å². The third kappa shape index (κ3) is 5.60. The lowest BCUT2D eigenvalue weighted by Crippen LogP contribution is -2.29. The highest BCUT2D eigenvalue weighted by Gasteiger charge is 2.28. The zero-order valence-electron chi connectivity index (χ0n) is 18.0. The minimum atomic E-state index is -3.79. The maximum Gasteiger partial charge on any atom is 0.407 e. The van der Waals surface area contributed by atoms with Crippen molar-refractivity contribution in [3.63, 3.8) is 0 Å². The first-order valence-corrected chi connectivity index (χ1v) is 12.1. The molecule has 0 aliphatic heterocycles. The average molecular weight is 468 g/mol. The summed E-state index contributed by atoms with van der Waals surface area (Å²) in [7, 11) is -3.79. The maximum absolute atomic E-state index is 12.1. The lowest BCUT2D eigenvalue weighted by Gasteiger charge is -2.14. The van der Waals surface area contributed by atoms with Crippen molar-refractivity contribution in [3.05, 3.63) is 90.0 Å². The molecule has 0 atom stereocenters. The van der Waals surface area contributed by atoms with Crippen molar-refractivity contribution in [2.24, 2.45) is 0 Å². The molecule has 0 heterocycles. The van der Waals surface area contributed by atoms with Gasteiger partial charge in [0.25, 0.3) is 10.1 Å². The zero-order chi connectivity index (χ0) is 23.1. The number of nitrogens with one attached hydrogen (secondary N) is 1. The van der Waals surface area contributed by atoms with E-state index in [1.165, 1.54) is 23.3 Å². The van der Waals surface area contributed by atoms with Gasteiger partial charge >= 0.3 is 6.09 Å². The number of amides is 1. The highest BCUT2D eigenvalue weighted by molar-refractivity contribution is 7.86. The van der Waals surface area contributed by atoms with Crippen molar-refractivity contribution >= 4 is 16.2 Å². The quantitative estimate of drug-likeness (QED) is 0.359. The molecule has 0 saturated heterocycles.